The number of rotatable bonds is 10. The fourth-order valence-corrected chi connectivity index (χ4v) is 5.44. The molecule has 0 bridgehead atoms. The molecule has 2 atom stereocenters. The molecule has 1 saturated heterocycles. The van der Waals surface area contributed by atoms with E-state index in [1.807, 2.05) is 18.2 Å². The quantitative estimate of drug-likeness (QED) is 0.586. The van der Waals surface area contributed by atoms with Crippen molar-refractivity contribution in [2.45, 2.75) is 44.7 Å². The number of sulfonamides is 1. The first kappa shape index (κ1) is 24.7. The van der Waals surface area contributed by atoms with E-state index in [2.05, 4.69) is 50.0 Å². The maximum absolute atomic E-state index is 12.8. The Morgan fingerprint density at radius 2 is 1.62 bits per heavy atom. The maximum Gasteiger partial charge on any atom is 0.243 e. The van der Waals surface area contributed by atoms with Gasteiger partial charge in [-0.1, -0.05) is 44.2 Å². The molecule has 0 spiro atoms. The molecular formula is C25H37N3O3S. The molecule has 1 heterocycles. The van der Waals surface area contributed by atoms with E-state index in [4.69, 9.17) is 4.74 Å². The normalized spacial score (nSPS) is 17.9. The Morgan fingerprint density at radius 1 is 0.938 bits per heavy atom. The average molecular weight is 460 g/mol. The number of ether oxygens (including phenoxy) is 1. The Bertz CT molecular complexity index is 942. The van der Waals surface area contributed by atoms with Crippen LogP contribution in [0.2, 0.25) is 0 Å². The molecule has 1 fully saturated rings. The van der Waals surface area contributed by atoms with Crippen molar-refractivity contribution < 1.29 is 13.2 Å². The smallest absolute Gasteiger partial charge is 0.243 e. The summed E-state index contributed by atoms with van der Waals surface area (Å²) in [7, 11) is -3.40. The molecule has 1 aliphatic heterocycles. The lowest BCUT2D eigenvalue weighted by atomic mass is 10.1. The predicted octanol–water partition coefficient (Wildman–Crippen LogP) is 3.77. The highest BCUT2D eigenvalue weighted by molar-refractivity contribution is 7.89. The molecule has 7 heteroatoms. The van der Waals surface area contributed by atoms with Crippen LogP contribution in [0.5, 0.6) is 5.75 Å². The third kappa shape index (κ3) is 6.78. The van der Waals surface area contributed by atoms with Crippen LogP contribution in [0.15, 0.2) is 59.5 Å². The molecule has 176 valence electrons. The summed E-state index contributed by atoms with van der Waals surface area (Å²) in [4.78, 5) is 2.71. The van der Waals surface area contributed by atoms with E-state index in [0.29, 0.717) is 30.5 Å². The second-order valence-corrected chi connectivity index (χ2v) is 11.0. The lowest BCUT2D eigenvalue weighted by Gasteiger charge is -2.35. The molecule has 32 heavy (non-hydrogen) atoms. The zero-order valence-corrected chi connectivity index (χ0v) is 20.5. The van der Waals surface area contributed by atoms with E-state index >= 15 is 0 Å². The number of nitrogens with zero attached hydrogens (tertiary/aromatic N) is 2. The van der Waals surface area contributed by atoms with Gasteiger partial charge in [0.15, 0.2) is 0 Å². The highest BCUT2D eigenvalue weighted by Crippen LogP contribution is 2.21. The van der Waals surface area contributed by atoms with Gasteiger partial charge < -0.3 is 10.1 Å². The minimum absolute atomic E-state index is 0.201. The summed E-state index contributed by atoms with van der Waals surface area (Å²) in [5.74, 6) is 1.41. The highest BCUT2D eigenvalue weighted by atomic mass is 32.2. The SMILES string of the molecule is CC(C)COc1cccc(C(C)NC(C)CN2CCN(S(=O)(=O)c3ccccc3)CC2)c1. The monoisotopic (exact) mass is 459 g/mol. The van der Waals surface area contributed by atoms with E-state index in [0.717, 1.165) is 25.4 Å². The topological polar surface area (TPSA) is 61.9 Å². The molecule has 0 amide bonds. The number of hydrogen-bond acceptors (Lipinski definition) is 5. The summed E-state index contributed by atoms with van der Waals surface area (Å²) in [6.07, 6.45) is 0. The summed E-state index contributed by atoms with van der Waals surface area (Å²) in [5, 5.41) is 3.67. The molecule has 2 unspecified atom stereocenters. The van der Waals surface area contributed by atoms with Crippen molar-refractivity contribution in [2.24, 2.45) is 5.92 Å². The van der Waals surface area contributed by atoms with Crippen LogP contribution in [0.1, 0.15) is 39.3 Å². The van der Waals surface area contributed by atoms with E-state index in [1.54, 1.807) is 28.6 Å². The molecule has 0 saturated carbocycles. The fourth-order valence-electron chi connectivity index (χ4n) is 3.99. The molecule has 2 aromatic rings. The van der Waals surface area contributed by atoms with Crippen LogP contribution in [0.25, 0.3) is 0 Å². The van der Waals surface area contributed by atoms with E-state index < -0.39 is 10.0 Å². The number of nitrogens with one attached hydrogen (secondary N) is 1. The summed E-state index contributed by atoms with van der Waals surface area (Å²) in [6.45, 7) is 12.8. The average Bonchev–Trinajstić information content (AvgIpc) is 2.78. The summed E-state index contributed by atoms with van der Waals surface area (Å²) in [5.41, 5.74) is 1.21. The van der Waals surface area contributed by atoms with Crippen LogP contribution in [-0.2, 0) is 10.0 Å². The van der Waals surface area contributed by atoms with E-state index in [-0.39, 0.29) is 12.1 Å². The molecule has 2 aromatic carbocycles. The van der Waals surface area contributed by atoms with Gasteiger partial charge in [-0.15, -0.1) is 0 Å². The second kappa shape index (κ2) is 11.3. The largest absolute Gasteiger partial charge is 0.493 e. The van der Waals surface area contributed by atoms with E-state index in [9.17, 15) is 8.42 Å². The Balaban J connectivity index is 1.48. The van der Waals surface area contributed by atoms with Gasteiger partial charge in [0, 0.05) is 44.8 Å². The van der Waals surface area contributed by atoms with Crippen molar-refractivity contribution in [1.82, 2.24) is 14.5 Å². The van der Waals surface area contributed by atoms with Gasteiger partial charge in [0.25, 0.3) is 0 Å². The van der Waals surface area contributed by atoms with Gasteiger partial charge in [0.2, 0.25) is 10.0 Å². The summed E-state index contributed by atoms with van der Waals surface area (Å²) >= 11 is 0. The third-order valence-electron chi connectivity index (χ3n) is 5.72. The van der Waals surface area contributed by atoms with Crippen LogP contribution >= 0.6 is 0 Å². The van der Waals surface area contributed by atoms with Crippen molar-refractivity contribution >= 4 is 10.0 Å². The van der Waals surface area contributed by atoms with Gasteiger partial charge in [0.05, 0.1) is 11.5 Å². The molecule has 0 radical (unpaired) electrons. The Morgan fingerprint density at radius 3 is 2.28 bits per heavy atom. The first-order valence-electron chi connectivity index (χ1n) is 11.5. The van der Waals surface area contributed by atoms with Gasteiger partial charge in [-0.25, -0.2) is 8.42 Å². The highest BCUT2D eigenvalue weighted by Gasteiger charge is 2.28. The summed E-state index contributed by atoms with van der Waals surface area (Å²) < 4.78 is 33.1. The van der Waals surface area contributed by atoms with Crippen LogP contribution in [0.4, 0.5) is 0 Å². The van der Waals surface area contributed by atoms with Crippen LogP contribution < -0.4 is 10.1 Å². The van der Waals surface area contributed by atoms with Crippen molar-refractivity contribution in [2.75, 3.05) is 39.3 Å². The van der Waals surface area contributed by atoms with Crippen molar-refractivity contribution in [3.63, 3.8) is 0 Å². The third-order valence-corrected chi connectivity index (χ3v) is 7.63. The van der Waals surface area contributed by atoms with Gasteiger partial charge in [-0.3, -0.25) is 4.90 Å². The zero-order chi connectivity index (χ0) is 23.1. The molecule has 1 N–H and O–H groups in total. The van der Waals surface area contributed by atoms with Crippen LogP contribution in [0.3, 0.4) is 0 Å². The molecule has 0 aromatic heterocycles. The van der Waals surface area contributed by atoms with Gasteiger partial charge in [-0.05, 0) is 49.6 Å². The van der Waals surface area contributed by atoms with Gasteiger partial charge in [0.1, 0.15) is 5.75 Å². The Hall–Kier alpha value is -1.93. The second-order valence-electron chi connectivity index (χ2n) is 9.08. The molecule has 3 rings (SSSR count). The number of piperazine rings is 1. The molecule has 6 nitrogen and oxygen atoms in total. The van der Waals surface area contributed by atoms with Crippen molar-refractivity contribution in [3.8, 4) is 5.75 Å². The minimum Gasteiger partial charge on any atom is -0.493 e. The summed E-state index contributed by atoms with van der Waals surface area (Å²) in [6, 6.07) is 17.5. The fraction of sp³-hybridized carbons (Fsp3) is 0.520. The number of benzene rings is 2. The minimum atomic E-state index is -3.40. The maximum atomic E-state index is 12.8. The van der Waals surface area contributed by atoms with Crippen LogP contribution in [-0.4, -0.2) is 63.0 Å². The van der Waals surface area contributed by atoms with E-state index in [1.165, 1.54) is 5.56 Å². The number of hydrogen-bond donors (Lipinski definition) is 1. The molecular weight excluding hydrogens is 422 g/mol. The molecule has 0 aliphatic carbocycles. The first-order chi connectivity index (χ1) is 15.3. The van der Waals surface area contributed by atoms with Gasteiger partial charge in [-0.2, -0.15) is 4.31 Å². The standard InChI is InChI=1S/C25H37N3O3S/c1-20(2)19-31-24-10-8-9-23(17-24)22(4)26-21(3)18-27-13-15-28(16-14-27)32(29,30)25-11-6-5-7-12-25/h5-12,17,20-22,26H,13-16,18-19H2,1-4H3. The lowest BCUT2D eigenvalue weighted by molar-refractivity contribution is 0.172. The Labute approximate surface area is 193 Å². The molecule has 1 aliphatic rings. The first-order valence-corrected chi connectivity index (χ1v) is 13.0. The predicted molar refractivity (Wildman–Crippen MR) is 129 cm³/mol. The van der Waals surface area contributed by atoms with Crippen molar-refractivity contribution in [1.29, 1.82) is 0 Å². The zero-order valence-electron chi connectivity index (χ0n) is 19.7. The Kier molecular flexibility index (Phi) is 8.71. The van der Waals surface area contributed by atoms with Crippen molar-refractivity contribution in [3.05, 3.63) is 60.2 Å². The van der Waals surface area contributed by atoms with Crippen LogP contribution in [0, 0.1) is 5.92 Å². The lowest BCUT2D eigenvalue weighted by Crippen LogP contribution is -2.51. The van der Waals surface area contributed by atoms with Gasteiger partial charge >= 0.3 is 0 Å².